The Morgan fingerprint density at radius 1 is 1.09 bits per heavy atom. The smallest absolute Gasteiger partial charge is 0.255 e. The van der Waals surface area contributed by atoms with Crippen molar-refractivity contribution in [2.75, 3.05) is 5.32 Å². The maximum Gasteiger partial charge on any atom is 0.255 e. The average molecular weight is 362 g/mol. The highest BCUT2D eigenvalue weighted by Gasteiger charge is 2.14. The third kappa shape index (κ3) is 3.39. The van der Waals surface area contributed by atoms with Crippen LogP contribution in [0, 0.1) is 20.8 Å². The van der Waals surface area contributed by atoms with Gasteiger partial charge in [0.25, 0.3) is 5.91 Å². The van der Waals surface area contributed by atoms with E-state index in [4.69, 9.17) is 0 Å². The number of hydrogen-bond donors (Lipinski definition) is 2. The van der Waals surface area contributed by atoms with E-state index in [0.717, 1.165) is 26.7 Å². The molecule has 0 aliphatic carbocycles. The normalized spacial score (nSPS) is 12.1. The number of aliphatic hydroxyl groups excluding tert-OH is 1. The van der Waals surface area contributed by atoms with Crippen LogP contribution >= 0.6 is 15.9 Å². The molecule has 0 saturated carbocycles. The monoisotopic (exact) mass is 361 g/mol. The molecule has 22 heavy (non-hydrogen) atoms. The van der Waals surface area contributed by atoms with Crippen molar-refractivity contribution in [1.29, 1.82) is 0 Å². The molecule has 2 aromatic carbocycles. The van der Waals surface area contributed by atoms with Gasteiger partial charge in [-0.15, -0.1) is 0 Å². The van der Waals surface area contributed by atoms with Crippen LogP contribution in [-0.2, 0) is 0 Å². The van der Waals surface area contributed by atoms with Crippen molar-refractivity contribution >= 4 is 27.5 Å². The van der Waals surface area contributed by atoms with E-state index in [1.165, 1.54) is 0 Å². The summed E-state index contributed by atoms with van der Waals surface area (Å²) in [6, 6.07) is 9.07. The van der Waals surface area contributed by atoms with E-state index in [9.17, 15) is 9.90 Å². The average Bonchev–Trinajstić information content (AvgIpc) is 2.49. The van der Waals surface area contributed by atoms with Crippen molar-refractivity contribution in [1.82, 2.24) is 0 Å². The molecule has 2 aromatic rings. The van der Waals surface area contributed by atoms with Gasteiger partial charge in [-0.25, -0.2) is 0 Å². The van der Waals surface area contributed by atoms with Crippen LogP contribution in [0.3, 0.4) is 0 Å². The summed E-state index contributed by atoms with van der Waals surface area (Å²) in [5.74, 6) is -0.133. The van der Waals surface area contributed by atoms with Gasteiger partial charge < -0.3 is 10.4 Å². The molecule has 0 bridgehead atoms. The molecule has 0 aliphatic rings. The zero-order valence-electron chi connectivity index (χ0n) is 13.2. The molecule has 3 nitrogen and oxygen atoms in total. The molecule has 1 atom stereocenters. The van der Waals surface area contributed by atoms with Crippen LogP contribution in [0.2, 0.25) is 0 Å². The molecular formula is C18H20BrNO2. The maximum atomic E-state index is 12.5. The lowest BCUT2D eigenvalue weighted by Gasteiger charge is -2.14. The lowest BCUT2D eigenvalue weighted by atomic mass is 9.98. The minimum atomic E-state index is -0.511. The maximum absolute atomic E-state index is 12.5. The molecule has 4 heteroatoms. The summed E-state index contributed by atoms with van der Waals surface area (Å²) in [4.78, 5) is 12.5. The Morgan fingerprint density at radius 3 is 2.23 bits per heavy atom. The molecule has 0 radical (unpaired) electrons. The van der Waals surface area contributed by atoms with Gasteiger partial charge in [0.15, 0.2) is 0 Å². The second-order valence-electron chi connectivity index (χ2n) is 5.53. The fraction of sp³-hybridized carbons (Fsp3) is 0.278. The van der Waals surface area contributed by atoms with Crippen molar-refractivity contribution < 1.29 is 9.90 Å². The fourth-order valence-corrected chi connectivity index (χ4v) is 2.81. The van der Waals surface area contributed by atoms with Gasteiger partial charge in [0.2, 0.25) is 0 Å². The van der Waals surface area contributed by atoms with Crippen molar-refractivity contribution in [3.63, 3.8) is 0 Å². The summed E-state index contributed by atoms with van der Waals surface area (Å²) in [6.45, 7) is 7.72. The Morgan fingerprint density at radius 2 is 1.68 bits per heavy atom. The Kier molecular flexibility index (Phi) is 5.04. The number of rotatable bonds is 3. The van der Waals surface area contributed by atoms with Crippen LogP contribution in [0.25, 0.3) is 0 Å². The Labute approximate surface area is 139 Å². The van der Waals surface area contributed by atoms with Gasteiger partial charge in [0.05, 0.1) is 6.10 Å². The quantitative estimate of drug-likeness (QED) is 0.833. The lowest BCUT2D eigenvalue weighted by molar-refractivity contribution is 0.102. The Bertz CT molecular complexity index is 706. The molecule has 0 heterocycles. The fourth-order valence-electron chi connectivity index (χ4n) is 2.28. The zero-order chi connectivity index (χ0) is 16.4. The minimum Gasteiger partial charge on any atom is -0.389 e. The van der Waals surface area contributed by atoms with Crippen molar-refractivity contribution in [2.24, 2.45) is 0 Å². The largest absolute Gasteiger partial charge is 0.389 e. The number of amides is 1. The summed E-state index contributed by atoms with van der Waals surface area (Å²) in [5.41, 5.74) is 5.44. The zero-order valence-corrected chi connectivity index (χ0v) is 14.8. The first kappa shape index (κ1) is 16.7. The van der Waals surface area contributed by atoms with E-state index in [1.807, 2.05) is 39.0 Å². The molecule has 2 rings (SSSR count). The van der Waals surface area contributed by atoms with Crippen LogP contribution < -0.4 is 5.32 Å². The third-order valence-electron chi connectivity index (χ3n) is 4.05. The van der Waals surface area contributed by atoms with Gasteiger partial charge in [0, 0.05) is 15.7 Å². The molecule has 1 amide bonds. The van der Waals surface area contributed by atoms with Gasteiger partial charge in [0.1, 0.15) is 0 Å². The van der Waals surface area contributed by atoms with E-state index in [-0.39, 0.29) is 5.91 Å². The SMILES string of the molecule is Cc1c(Br)cc(C(=O)Nc2ccc(C(C)O)cc2)c(C)c1C. The van der Waals surface area contributed by atoms with Crippen LogP contribution in [0.4, 0.5) is 5.69 Å². The predicted molar refractivity (Wildman–Crippen MR) is 93.4 cm³/mol. The molecule has 0 aliphatic heterocycles. The van der Waals surface area contributed by atoms with E-state index in [2.05, 4.69) is 21.2 Å². The third-order valence-corrected chi connectivity index (χ3v) is 4.88. The highest BCUT2D eigenvalue weighted by atomic mass is 79.9. The summed E-state index contributed by atoms with van der Waals surface area (Å²) in [6.07, 6.45) is -0.511. The molecule has 116 valence electrons. The number of anilines is 1. The molecule has 2 N–H and O–H groups in total. The Hall–Kier alpha value is -1.65. The summed E-state index contributed by atoms with van der Waals surface area (Å²) >= 11 is 3.50. The summed E-state index contributed by atoms with van der Waals surface area (Å²) in [5, 5.41) is 12.4. The van der Waals surface area contributed by atoms with Crippen LogP contribution in [0.5, 0.6) is 0 Å². The van der Waals surface area contributed by atoms with Gasteiger partial charge in [-0.05, 0) is 68.1 Å². The number of aliphatic hydroxyl groups is 1. The second-order valence-corrected chi connectivity index (χ2v) is 6.39. The van der Waals surface area contributed by atoms with Gasteiger partial charge in [-0.3, -0.25) is 4.79 Å². The topological polar surface area (TPSA) is 49.3 Å². The molecule has 0 spiro atoms. The number of carbonyl (C=O) groups excluding carboxylic acids is 1. The minimum absolute atomic E-state index is 0.133. The highest BCUT2D eigenvalue weighted by molar-refractivity contribution is 9.10. The lowest BCUT2D eigenvalue weighted by Crippen LogP contribution is -2.14. The predicted octanol–water partition coefficient (Wildman–Crippen LogP) is 4.68. The first-order valence-electron chi connectivity index (χ1n) is 7.17. The van der Waals surface area contributed by atoms with Crippen molar-refractivity contribution in [2.45, 2.75) is 33.8 Å². The Balaban J connectivity index is 2.26. The molecule has 1 unspecified atom stereocenters. The summed E-state index contributed by atoms with van der Waals surface area (Å²) in [7, 11) is 0. The van der Waals surface area contributed by atoms with Gasteiger partial charge >= 0.3 is 0 Å². The van der Waals surface area contributed by atoms with Crippen molar-refractivity contribution in [3.05, 3.63) is 62.6 Å². The molecule has 0 saturated heterocycles. The first-order valence-corrected chi connectivity index (χ1v) is 7.96. The number of nitrogens with one attached hydrogen (secondary N) is 1. The number of hydrogen-bond acceptors (Lipinski definition) is 2. The van der Waals surface area contributed by atoms with E-state index >= 15 is 0 Å². The number of benzene rings is 2. The van der Waals surface area contributed by atoms with E-state index in [1.54, 1.807) is 19.1 Å². The van der Waals surface area contributed by atoms with E-state index < -0.39 is 6.10 Å². The molecule has 0 fully saturated rings. The van der Waals surface area contributed by atoms with Crippen LogP contribution in [0.15, 0.2) is 34.8 Å². The first-order chi connectivity index (χ1) is 10.3. The highest BCUT2D eigenvalue weighted by Crippen LogP contribution is 2.26. The summed E-state index contributed by atoms with van der Waals surface area (Å²) < 4.78 is 0.935. The molecule has 0 aromatic heterocycles. The van der Waals surface area contributed by atoms with Gasteiger partial charge in [-0.1, -0.05) is 28.1 Å². The second kappa shape index (κ2) is 6.63. The standard InChI is InChI=1S/C18H20BrNO2/c1-10-11(2)16(9-17(19)12(10)3)18(22)20-15-7-5-14(6-8-15)13(4)21/h5-9,13,21H,1-4H3,(H,20,22). The van der Waals surface area contributed by atoms with Gasteiger partial charge in [-0.2, -0.15) is 0 Å². The van der Waals surface area contributed by atoms with Crippen LogP contribution in [0.1, 0.15) is 45.6 Å². The van der Waals surface area contributed by atoms with Crippen molar-refractivity contribution in [3.8, 4) is 0 Å². The van der Waals surface area contributed by atoms with Crippen LogP contribution in [-0.4, -0.2) is 11.0 Å². The molecular weight excluding hydrogens is 342 g/mol. The van der Waals surface area contributed by atoms with E-state index in [0.29, 0.717) is 11.3 Å². The number of carbonyl (C=O) groups is 1. The number of halogens is 1.